The van der Waals surface area contributed by atoms with Gasteiger partial charge < -0.3 is 14.2 Å². The quantitative estimate of drug-likeness (QED) is 0.789. The highest BCUT2D eigenvalue weighted by molar-refractivity contribution is 5.39. The Morgan fingerprint density at radius 1 is 1.21 bits per heavy atom. The van der Waals surface area contributed by atoms with Gasteiger partial charge in [0.2, 0.25) is 0 Å². The number of rotatable bonds is 6. The Balaban J connectivity index is 1.87. The molecule has 106 valence electrons. The molecular weight excluding hydrogens is 242 g/mol. The molecule has 1 heterocycles. The standard InChI is InChI=1S/C15H23NO3/c1-3-16-9-10-18-13(11-16)12-19-15-8-6-5-7-14(15)17-4-2/h5-8,13H,3-4,9-12H2,1-2H3. The summed E-state index contributed by atoms with van der Waals surface area (Å²) in [6.07, 6.45) is 0.142. The molecule has 0 amide bonds. The highest BCUT2D eigenvalue weighted by Crippen LogP contribution is 2.26. The summed E-state index contributed by atoms with van der Waals surface area (Å²) >= 11 is 0. The molecule has 0 aromatic heterocycles. The third-order valence-corrected chi connectivity index (χ3v) is 3.24. The average Bonchev–Trinajstić information content (AvgIpc) is 2.47. The molecule has 0 radical (unpaired) electrons. The van der Waals surface area contributed by atoms with Crippen LogP contribution in [-0.4, -0.2) is 50.5 Å². The van der Waals surface area contributed by atoms with E-state index in [4.69, 9.17) is 14.2 Å². The molecule has 1 saturated heterocycles. The van der Waals surface area contributed by atoms with E-state index in [0.29, 0.717) is 13.2 Å². The van der Waals surface area contributed by atoms with Crippen molar-refractivity contribution >= 4 is 0 Å². The first-order valence-corrected chi connectivity index (χ1v) is 7.02. The Bertz CT molecular complexity index is 383. The van der Waals surface area contributed by atoms with Crippen molar-refractivity contribution in [1.82, 2.24) is 4.90 Å². The monoisotopic (exact) mass is 265 g/mol. The molecule has 0 bridgehead atoms. The first-order valence-electron chi connectivity index (χ1n) is 7.02. The fourth-order valence-corrected chi connectivity index (χ4v) is 2.20. The fourth-order valence-electron chi connectivity index (χ4n) is 2.20. The summed E-state index contributed by atoms with van der Waals surface area (Å²) in [4.78, 5) is 2.38. The van der Waals surface area contributed by atoms with Crippen LogP contribution in [0.4, 0.5) is 0 Å². The Morgan fingerprint density at radius 3 is 2.63 bits per heavy atom. The molecule has 1 fully saturated rings. The minimum absolute atomic E-state index is 0.142. The van der Waals surface area contributed by atoms with Gasteiger partial charge in [0.15, 0.2) is 11.5 Å². The number of benzene rings is 1. The van der Waals surface area contributed by atoms with Gasteiger partial charge in [-0.15, -0.1) is 0 Å². The molecule has 0 saturated carbocycles. The molecule has 4 nitrogen and oxygen atoms in total. The van der Waals surface area contributed by atoms with Crippen LogP contribution >= 0.6 is 0 Å². The molecule has 19 heavy (non-hydrogen) atoms. The lowest BCUT2D eigenvalue weighted by molar-refractivity contribution is -0.0467. The second kappa shape index (κ2) is 7.36. The number of ether oxygens (including phenoxy) is 3. The molecule has 0 spiro atoms. The maximum Gasteiger partial charge on any atom is 0.161 e. The molecule has 4 heteroatoms. The Kier molecular flexibility index (Phi) is 5.48. The summed E-state index contributed by atoms with van der Waals surface area (Å²) in [7, 11) is 0. The van der Waals surface area contributed by atoms with E-state index < -0.39 is 0 Å². The van der Waals surface area contributed by atoms with E-state index in [2.05, 4.69) is 11.8 Å². The first kappa shape index (κ1) is 14.2. The van der Waals surface area contributed by atoms with Crippen molar-refractivity contribution in [2.45, 2.75) is 20.0 Å². The van der Waals surface area contributed by atoms with Crippen molar-refractivity contribution in [1.29, 1.82) is 0 Å². The Morgan fingerprint density at radius 2 is 1.95 bits per heavy atom. The molecule has 1 atom stereocenters. The summed E-state index contributed by atoms with van der Waals surface area (Å²) in [6, 6.07) is 7.77. The molecular formula is C15H23NO3. The number of para-hydroxylation sites is 2. The molecule has 1 aliphatic heterocycles. The third-order valence-electron chi connectivity index (χ3n) is 3.24. The average molecular weight is 265 g/mol. The van der Waals surface area contributed by atoms with Crippen LogP contribution in [0.2, 0.25) is 0 Å². The van der Waals surface area contributed by atoms with Crippen LogP contribution in [0.3, 0.4) is 0 Å². The van der Waals surface area contributed by atoms with E-state index in [1.54, 1.807) is 0 Å². The number of nitrogens with zero attached hydrogens (tertiary/aromatic N) is 1. The molecule has 0 aliphatic carbocycles. The number of hydrogen-bond donors (Lipinski definition) is 0. The van der Waals surface area contributed by atoms with Gasteiger partial charge in [-0.1, -0.05) is 19.1 Å². The smallest absolute Gasteiger partial charge is 0.161 e. The van der Waals surface area contributed by atoms with Gasteiger partial charge in [-0.2, -0.15) is 0 Å². The summed E-state index contributed by atoms with van der Waals surface area (Å²) in [5.74, 6) is 1.59. The van der Waals surface area contributed by atoms with Crippen molar-refractivity contribution in [3.8, 4) is 11.5 Å². The first-order chi connectivity index (χ1) is 9.33. The maximum atomic E-state index is 5.85. The van der Waals surface area contributed by atoms with Crippen LogP contribution in [0.5, 0.6) is 11.5 Å². The van der Waals surface area contributed by atoms with Crippen LogP contribution in [0, 0.1) is 0 Å². The van der Waals surface area contributed by atoms with Crippen molar-refractivity contribution in [3.05, 3.63) is 24.3 Å². The van der Waals surface area contributed by atoms with Crippen molar-refractivity contribution in [2.24, 2.45) is 0 Å². The lowest BCUT2D eigenvalue weighted by Crippen LogP contribution is -2.44. The highest BCUT2D eigenvalue weighted by Gasteiger charge is 2.20. The van der Waals surface area contributed by atoms with Gasteiger partial charge >= 0.3 is 0 Å². The predicted molar refractivity (Wildman–Crippen MR) is 75.0 cm³/mol. The number of hydrogen-bond acceptors (Lipinski definition) is 4. The van der Waals surface area contributed by atoms with E-state index in [9.17, 15) is 0 Å². The summed E-state index contributed by atoms with van der Waals surface area (Å²) in [6.45, 7) is 9.17. The van der Waals surface area contributed by atoms with E-state index in [-0.39, 0.29) is 6.10 Å². The minimum atomic E-state index is 0.142. The highest BCUT2D eigenvalue weighted by atomic mass is 16.5. The zero-order valence-electron chi connectivity index (χ0n) is 11.8. The lowest BCUT2D eigenvalue weighted by Gasteiger charge is -2.31. The number of morpholine rings is 1. The number of likely N-dealkylation sites (N-methyl/N-ethyl adjacent to an activating group) is 1. The van der Waals surface area contributed by atoms with Gasteiger partial charge in [0, 0.05) is 13.1 Å². The summed E-state index contributed by atoms with van der Waals surface area (Å²) in [5.41, 5.74) is 0. The van der Waals surface area contributed by atoms with Crippen LogP contribution in [0.25, 0.3) is 0 Å². The minimum Gasteiger partial charge on any atom is -0.490 e. The SMILES string of the molecule is CCOc1ccccc1OCC1CN(CC)CCO1. The summed E-state index contributed by atoms with van der Waals surface area (Å²) < 4.78 is 17.1. The largest absolute Gasteiger partial charge is 0.490 e. The van der Waals surface area contributed by atoms with Gasteiger partial charge in [-0.3, -0.25) is 4.90 Å². The molecule has 1 aromatic carbocycles. The summed E-state index contributed by atoms with van der Waals surface area (Å²) in [5, 5.41) is 0. The van der Waals surface area contributed by atoms with Gasteiger partial charge in [-0.25, -0.2) is 0 Å². The van der Waals surface area contributed by atoms with Crippen LogP contribution in [0.1, 0.15) is 13.8 Å². The zero-order chi connectivity index (χ0) is 13.5. The fraction of sp³-hybridized carbons (Fsp3) is 0.600. The van der Waals surface area contributed by atoms with Crippen LogP contribution in [0.15, 0.2) is 24.3 Å². The van der Waals surface area contributed by atoms with E-state index in [1.807, 2.05) is 31.2 Å². The van der Waals surface area contributed by atoms with Crippen molar-refractivity contribution in [2.75, 3.05) is 39.5 Å². The maximum absolute atomic E-state index is 5.85. The van der Waals surface area contributed by atoms with Gasteiger partial charge in [0.25, 0.3) is 0 Å². The van der Waals surface area contributed by atoms with Crippen molar-refractivity contribution in [3.63, 3.8) is 0 Å². The molecule has 1 aliphatic rings. The van der Waals surface area contributed by atoms with Crippen molar-refractivity contribution < 1.29 is 14.2 Å². The third kappa shape index (κ3) is 4.11. The molecule has 2 rings (SSSR count). The second-order valence-corrected chi connectivity index (χ2v) is 4.58. The normalized spacial score (nSPS) is 20.2. The Labute approximate surface area is 115 Å². The topological polar surface area (TPSA) is 30.9 Å². The predicted octanol–water partition coefficient (Wildman–Crippen LogP) is 2.18. The van der Waals surface area contributed by atoms with Gasteiger partial charge in [-0.05, 0) is 25.6 Å². The van der Waals surface area contributed by atoms with Crippen LogP contribution < -0.4 is 9.47 Å². The van der Waals surface area contributed by atoms with Gasteiger partial charge in [0.05, 0.1) is 13.2 Å². The molecule has 1 aromatic rings. The Hall–Kier alpha value is -1.26. The van der Waals surface area contributed by atoms with Gasteiger partial charge in [0.1, 0.15) is 12.7 Å². The van der Waals surface area contributed by atoms with E-state index in [0.717, 1.165) is 37.7 Å². The van der Waals surface area contributed by atoms with E-state index >= 15 is 0 Å². The van der Waals surface area contributed by atoms with Crippen LogP contribution in [-0.2, 0) is 4.74 Å². The lowest BCUT2D eigenvalue weighted by atomic mass is 10.3. The second-order valence-electron chi connectivity index (χ2n) is 4.58. The molecule has 1 unspecified atom stereocenters. The zero-order valence-corrected chi connectivity index (χ0v) is 11.8. The molecule has 0 N–H and O–H groups in total. The van der Waals surface area contributed by atoms with E-state index in [1.165, 1.54) is 0 Å².